The SMILES string of the molecule is CC(C)n1nccc1NC(=O)OC(C)(C)C. The second-order valence-corrected chi connectivity index (χ2v) is 4.88. The number of amides is 1. The number of nitrogens with one attached hydrogen (secondary N) is 1. The minimum atomic E-state index is -0.493. The van der Waals surface area contributed by atoms with Crippen LogP contribution in [0.3, 0.4) is 0 Å². The number of carbonyl (C=O) groups excluding carboxylic acids is 1. The predicted octanol–water partition coefficient (Wildman–Crippen LogP) is 2.81. The van der Waals surface area contributed by atoms with E-state index in [9.17, 15) is 4.79 Å². The van der Waals surface area contributed by atoms with Crippen molar-refractivity contribution in [2.45, 2.75) is 46.3 Å². The summed E-state index contributed by atoms with van der Waals surface area (Å²) in [6, 6.07) is 1.93. The van der Waals surface area contributed by atoms with E-state index in [4.69, 9.17) is 4.74 Å². The van der Waals surface area contributed by atoms with Crippen LogP contribution in [0.15, 0.2) is 12.3 Å². The molecule has 0 unspecified atom stereocenters. The Hall–Kier alpha value is -1.52. The summed E-state index contributed by atoms with van der Waals surface area (Å²) in [5.41, 5.74) is -0.493. The van der Waals surface area contributed by atoms with Crippen molar-refractivity contribution in [3.63, 3.8) is 0 Å². The molecular formula is C11H19N3O2. The molecule has 0 saturated heterocycles. The number of aromatic nitrogens is 2. The number of nitrogens with zero attached hydrogens (tertiary/aromatic N) is 2. The van der Waals surface area contributed by atoms with Gasteiger partial charge in [-0.15, -0.1) is 0 Å². The summed E-state index contributed by atoms with van der Waals surface area (Å²) in [4.78, 5) is 11.5. The van der Waals surface area contributed by atoms with Crippen molar-refractivity contribution in [3.05, 3.63) is 12.3 Å². The summed E-state index contributed by atoms with van der Waals surface area (Å²) in [5.74, 6) is 0.643. The highest BCUT2D eigenvalue weighted by Gasteiger charge is 2.17. The van der Waals surface area contributed by atoms with Gasteiger partial charge in [-0.2, -0.15) is 5.10 Å². The Morgan fingerprint density at radius 3 is 2.62 bits per heavy atom. The molecule has 1 N–H and O–H groups in total. The van der Waals surface area contributed by atoms with Crippen LogP contribution in [0.25, 0.3) is 0 Å². The van der Waals surface area contributed by atoms with Gasteiger partial charge in [0.05, 0.1) is 6.20 Å². The summed E-state index contributed by atoms with van der Waals surface area (Å²) in [6.07, 6.45) is 1.18. The van der Waals surface area contributed by atoms with E-state index in [0.717, 1.165) is 0 Å². The first-order chi connectivity index (χ1) is 7.29. The Labute approximate surface area is 95.8 Å². The van der Waals surface area contributed by atoms with E-state index in [0.29, 0.717) is 5.82 Å². The van der Waals surface area contributed by atoms with Gasteiger partial charge in [-0.1, -0.05) is 0 Å². The van der Waals surface area contributed by atoms with Gasteiger partial charge < -0.3 is 4.74 Å². The lowest BCUT2D eigenvalue weighted by Crippen LogP contribution is -2.28. The van der Waals surface area contributed by atoms with Crippen LogP contribution in [0, 0.1) is 0 Å². The second kappa shape index (κ2) is 4.55. The molecule has 0 spiro atoms. The average molecular weight is 225 g/mol. The molecule has 0 aliphatic heterocycles. The highest BCUT2D eigenvalue weighted by Crippen LogP contribution is 2.15. The van der Waals surface area contributed by atoms with Gasteiger partial charge in [0.15, 0.2) is 0 Å². The number of ether oxygens (including phenoxy) is 1. The fraction of sp³-hybridized carbons (Fsp3) is 0.636. The zero-order chi connectivity index (χ0) is 12.3. The van der Waals surface area contributed by atoms with Gasteiger partial charge in [-0.05, 0) is 34.6 Å². The third-order valence-electron chi connectivity index (χ3n) is 1.79. The summed E-state index contributed by atoms with van der Waals surface area (Å²) in [5, 5.41) is 6.78. The molecule has 0 atom stereocenters. The molecule has 90 valence electrons. The van der Waals surface area contributed by atoms with Crippen molar-refractivity contribution in [1.29, 1.82) is 0 Å². The van der Waals surface area contributed by atoms with Crippen molar-refractivity contribution < 1.29 is 9.53 Å². The van der Waals surface area contributed by atoms with Crippen LogP contribution in [0.1, 0.15) is 40.7 Å². The quantitative estimate of drug-likeness (QED) is 0.842. The fourth-order valence-electron chi connectivity index (χ4n) is 1.23. The second-order valence-electron chi connectivity index (χ2n) is 4.88. The van der Waals surface area contributed by atoms with Crippen LogP contribution in [0.2, 0.25) is 0 Å². The van der Waals surface area contributed by atoms with Crippen molar-refractivity contribution in [1.82, 2.24) is 9.78 Å². The van der Waals surface area contributed by atoms with E-state index in [1.165, 1.54) is 0 Å². The Balaban J connectivity index is 2.67. The normalized spacial score (nSPS) is 11.6. The standard InChI is InChI=1S/C11H19N3O2/c1-8(2)14-9(6-7-12-14)13-10(15)16-11(3,4)5/h6-8H,1-5H3,(H,13,15). The van der Waals surface area contributed by atoms with Gasteiger partial charge in [0.2, 0.25) is 0 Å². The maximum atomic E-state index is 11.5. The number of carbonyl (C=O) groups is 1. The van der Waals surface area contributed by atoms with Crippen LogP contribution in [0.5, 0.6) is 0 Å². The minimum absolute atomic E-state index is 0.194. The van der Waals surface area contributed by atoms with E-state index >= 15 is 0 Å². The lowest BCUT2D eigenvalue weighted by molar-refractivity contribution is 0.0634. The summed E-state index contributed by atoms with van der Waals surface area (Å²) >= 11 is 0. The maximum absolute atomic E-state index is 11.5. The molecule has 1 aromatic rings. The first-order valence-corrected chi connectivity index (χ1v) is 5.33. The van der Waals surface area contributed by atoms with Crippen LogP contribution in [0.4, 0.5) is 10.6 Å². The molecule has 5 nitrogen and oxygen atoms in total. The number of rotatable bonds is 2. The van der Waals surface area contributed by atoms with E-state index < -0.39 is 11.7 Å². The predicted molar refractivity (Wildman–Crippen MR) is 62.5 cm³/mol. The van der Waals surface area contributed by atoms with Gasteiger partial charge in [0.25, 0.3) is 0 Å². The van der Waals surface area contributed by atoms with Crippen molar-refractivity contribution in [2.75, 3.05) is 5.32 Å². The molecule has 0 fully saturated rings. The van der Waals surface area contributed by atoms with Crippen molar-refractivity contribution in [3.8, 4) is 0 Å². The number of anilines is 1. The third kappa shape index (κ3) is 3.56. The molecule has 0 aliphatic rings. The average Bonchev–Trinajstić information content (AvgIpc) is 2.47. The monoisotopic (exact) mass is 225 g/mol. The zero-order valence-electron chi connectivity index (χ0n) is 10.4. The molecule has 0 bridgehead atoms. The minimum Gasteiger partial charge on any atom is -0.444 e. The van der Waals surface area contributed by atoms with Gasteiger partial charge in [0.1, 0.15) is 11.4 Å². The lowest BCUT2D eigenvalue weighted by Gasteiger charge is -2.20. The molecule has 1 aromatic heterocycles. The summed E-state index contributed by atoms with van der Waals surface area (Å²) < 4.78 is 6.88. The van der Waals surface area contributed by atoms with Crippen LogP contribution in [-0.4, -0.2) is 21.5 Å². The lowest BCUT2D eigenvalue weighted by atomic mass is 10.2. The Morgan fingerprint density at radius 1 is 1.50 bits per heavy atom. The summed E-state index contributed by atoms with van der Waals surface area (Å²) in [7, 11) is 0. The van der Waals surface area contributed by atoms with E-state index in [1.54, 1.807) is 16.9 Å². The van der Waals surface area contributed by atoms with E-state index in [2.05, 4.69) is 10.4 Å². The molecule has 16 heavy (non-hydrogen) atoms. The molecule has 5 heteroatoms. The molecule has 0 aliphatic carbocycles. The molecule has 0 radical (unpaired) electrons. The smallest absolute Gasteiger partial charge is 0.413 e. The fourth-order valence-corrected chi connectivity index (χ4v) is 1.23. The van der Waals surface area contributed by atoms with Crippen LogP contribution < -0.4 is 5.32 Å². The Morgan fingerprint density at radius 2 is 2.12 bits per heavy atom. The van der Waals surface area contributed by atoms with Gasteiger partial charge >= 0.3 is 6.09 Å². The van der Waals surface area contributed by atoms with Gasteiger partial charge in [-0.3, -0.25) is 5.32 Å². The van der Waals surface area contributed by atoms with E-state index in [1.807, 2.05) is 34.6 Å². The maximum Gasteiger partial charge on any atom is 0.413 e. The van der Waals surface area contributed by atoms with E-state index in [-0.39, 0.29) is 6.04 Å². The molecule has 0 aromatic carbocycles. The zero-order valence-corrected chi connectivity index (χ0v) is 10.4. The van der Waals surface area contributed by atoms with Crippen LogP contribution >= 0.6 is 0 Å². The third-order valence-corrected chi connectivity index (χ3v) is 1.79. The van der Waals surface area contributed by atoms with Crippen molar-refractivity contribution >= 4 is 11.9 Å². The highest BCUT2D eigenvalue weighted by atomic mass is 16.6. The first kappa shape index (κ1) is 12.5. The number of hydrogen-bond acceptors (Lipinski definition) is 3. The topological polar surface area (TPSA) is 56.2 Å². The highest BCUT2D eigenvalue weighted by molar-refractivity contribution is 5.83. The van der Waals surface area contributed by atoms with Crippen LogP contribution in [-0.2, 0) is 4.74 Å². The largest absolute Gasteiger partial charge is 0.444 e. The number of hydrogen-bond donors (Lipinski definition) is 1. The molecule has 1 heterocycles. The molecule has 1 amide bonds. The van der Waals surface area contributed by atoms with Gasteiger partial charge in [0, 0.05) is 12.1 Å². The Kier molecular flexibility index (Phi) is 3.57. The first-order valence-electron chi connectivity index (χ1n) is 5.33. The van der Waals surface area contributed by atoms with Gasteiger partial charge in [-0.25, -0.2) is 9.48 Å². The molecule has 0 saturated carbocycles. The molecule has 1 rings (SSSR count). The Bertz CT molecular complexity index is 364. The summed E-state index contributed by atoms with van der Waals surface area (Å²) in [6.45, 7) is 9.46. The van der Waals surface area contributed by atoms with Crippen molar-refractivity contribution in [2.24, 2.45) is 0 Å². The molecular weight excluding hydrogens is 206 g/mol.